The lowest BCUT2D eigenvalue weighted by Gasteiger charge is -2.30. The molecule has 0 radical (unpaired) electrons. The number of carbonyl (C=O) groups is 2. The number of anilines is 1. The van der Waals surface area contributed by atoms with E-state index in [2.05, 4.69) is 17.4 Å². The van der Waals surface area contributed by atoms with Gasteiger partial charge in [-0.2, -0.15) is 0 Å². The lowest BCUT2D eigenvalue weighted by atomic mass is 9.93. The van der Waals surface area contributed by atoms with Crippen molar-refractivity contribution >= 4 is 29.3 Å². The van der Waals surface area contributed by atoms with Crippen LogP contribution in [0.15, 0.2) is 59.5 Å². The van der Waals surface area contributed by atoms with Gasteiger partial charge >= 0.3 is 0 Å². The highest BCUT2D eigenvalue weighted by atomic mass is 32.2. The second kappa shape index (κ2) is 8.17. The average molecular weight is 381 g/mol. The molecule has 1 saturated heterocycles. The molecule has 0 aromatic heterocycles. The average Bonchev–Trinajstić information content (AvgIpc) is 2.86. The third-order valence-corrected chi connectivity index (χ3v) is 6.80. The molecular formula is C22H24N2O2S. The Morgan fingerprint density at radius 3 is 2.48 bits per heavy atom. The van der Waals surface area contributed by atoms with Crippen molar-refractivity contribution in [1.29, 1.82) is 0 Å². The second-order valence-corrected chi connectivity index (χ2v) is 8.37. The predicted molar refractivity (Wildman–Crippen MR) is 109 cm³/mol. The molecule has 4 rings (SSSR count). The van der Waals surface area contributed by atoms with Crippen molar-refractivity contribution in [2.45, 2.75) is 35.8 Å². The van der Waals surface area contributed by atoms with Gasteiger partial charge in [0, 0.05) is 29.7 Å². The lowest BCUT2D eigenvalue weighted by molar-refractivity contribution is -0.135. The van der Waals surface area contributed by atoms with E-state index in [0.29, 0.717) is 0 Å². The summed E-state index contributed by atoms with van der Waals surface area (Å²) in [4.78, 5) is 29.0. The van der Waals surface area contributed by atoms with Gasteiger partial charge in [0.15, 0.2) is 0 Å². The summed E-state index contributed by atoms with van der Waals surface area (Å²) in [7, 11) is 0. The molecule has 0 aliphatic carbocycles. The Balaban J connectivity index is 1.64. The molecule has 2 aromatic carbocycles. The molecule has 2 amide bonds. The molecule has 0 saturated carbocycles. The van der Waals surface area contributed by atoms with Crippen LogP contribution in [0.25, 0.3) is 0 Å². The minimum Gasteiger partial charge on any atom is -0.343 e. The second-order valence-electron chi connectivity index (χ2n) is 7.19. The van der Waals surface area contributed by atoms with Gasteiger partial charge in [-0.05, 0) is 37.0 Å². The van der Waals surface area contributed by atoms with Crippen LogP contribution in [-0.2, 0) is 9.59 Å². The van der Waals surface area contributed by atoms with E-state index in [-0.39, 0.29) is 29.4 Å². The number of hydrogen-bond acceptors (Lipinski definition) is 3. The summed E-state index contributed by atoms with van der Waals surface area (Å²) in [6.45, 7) is 1.63. The highest BCUT2D eigenvalue weighted by molar-refractivity contribution is 7.99. The minimum absolute atomic E-state index is 0.0633. The molecule has 0 unspecified atom stereocenters. The summed E-state index contributed by atoms with van der Waals surface area (Å²) in [5.41, 5.74) is 1.92. The van der Waals surface area contributed by atoms with Gasteiger partial charge in [-0.1, -0.05) is 42.5 Å². The summed E-state index contributed by atoms with van der Waals surface area (Å²) >= 11 is 1.68. The Kier molecular flexibility index (Phi) is 5.48. The number of amides is 2. The molecule has 27 heavy (non-hydrogen) atoms. The zero-order valence-corrected chi connectivity index (χ0v) is 16.1. The summed E-state index contributed by atoms with van der Waals surface area (Å²) in [6.07, 6.45) is 3.56. The van der Waals surface area contributed by atoms with Gasteiger partial charge in [-0.25, -0.2) is 0 Å². The van der Waals surface area contributed by atoms with E-state index in [1.807, 2.05) is 47.4 Å². The van der Waals surface area contributed by atoms with Crippen LogP contribution >= 0.6 is 11.8 Å². The van der Waals surface area contributed by atoms with Crippen LogP contribution in [0.3, 0.4) is 0 Å². The van der Waals surface area contributed by atoms with Gasteiger partial charge in [0.1, 0.15) is 0 Å². The van der Waals surface area contributed by atoms with Gasteiger partial charge in [-0.3, -0.25) is 9.59 Å². The Morgan fingerprint density at radius 2 is 1.70 bits per heavy atom. The van der Waals surface area contributed by atoms with Crippen LogP contribution in [0.5, 0.6) is 0 Å². The standard InChI is InChI=1S/C22H24N2O2S/c25-20(24-13-7-2-8-14-24)15-17-21(16-9-3-1-4-10-16)27-19-12-6-5-11-18(19)23-22(17)26/h1,3-6,9-12,17,21H,2,7-8,13-15H2,(H,23,26)/t17-,21-/m1/s1. The number of piperidine rings is 1. The van der Waals surface area contributed by atoms with Crippen molar-refractivity contribution in [3.05, 3.63) is 60.2 Å². The van der Waals surface area contributed by atoms with E-state index in [4.69, 9.17) is 0 Å². The quantitative estimate of drug-likeness (QED) is 0.853. The highest BCUT2D eigenvalue weighted by Crippen LogP contribution is 2.47. The van der Waals surface area contributed by atoms with E-state index in [0.717, 1.165) is 42.1 Å². The van der Waals surface area contributed by atoms with Gasteiger partial charge < -0.3 is 10.2 Å². The third kappa shape index (κ3) is 4.03. The van der Waals surface area contributed by atoms with Crippen molar-refractivity contribution in [1.82, 2.24) is 4.90 Å². The zero-order chi connectivity index (χ0) is 18.6. The van der Waals surface area contributed by atoms with Gasteiger partial charge in [0.2, 0.25) is 11.8 Å². The number of nitrogens with one attached hydrogen (secondary N) is 1. The number of nitrogens with zero attached hydrogens (tertiary/aromatic N) is 1. The fraction of sp³-hybridized carbons (Fsp3) is 0.364. The van der Waals surface area contributed by atoms with E-state index < -0.39 is 0 Å². The fourth-order valence-electron chi connectivity index (χ4n) is 3.86. The molecule has 5 heteroatoms. The van der Waals surface area contributed by atoms with E-state index in [1.54, 1.807) is 11.8 Å². The zero-order valence-electron chi connectivity index (χ0n) is 15.3. The van der Waals surface area contributed by atoms with Crippen LogP contribution in [0.2, 0.25) is 0 Å². The number of carbonyl (C=O) groups excluding carboxylic acids is 2. The van der Waals surface area contributed by atoms with Crippen LogP contribution in [-0.4, -0.2) is 29.8 Å². The number of para-hydroxylation sites is 1. The van der Waals surface area contributed by atoms with Crippen molar-refractivity contribution in [2.75, 3.05) is 18.4 Å². The maximum atomic E-state index is 13.1. The monoisotopic (exact) mass is 380 g/mol. The van der Waals surface area contributed by atoms with Gasteiger partial charge in [-0.15, -0.1) is 11.8 Å². The maximum absolute atomic E-state index is 13.1. The molecule has 2 aliphatic rings. The predicted octanol–water partition coefficient (Wildman–Crippen LogP) is 4.49. The molecular weight excluding hydrogens is 356 g/mol. The molecule has 2 aliphatic heterocycles. The summed E-state index contributed by atoms with van der Waals surface area (Å²) < 4.78 is 0. The smallest absolute Gasteiger partial charge is 0.229 e. The SMILES string of the molecule is O=C1Nc2ccccc2S[C@H](c2ccccc2)[C@H]1CC(=O)N1CCCCC1. The third-order valence-electron chi connectivity index (χ3n) is 5.33. The molecule has 2 atom stereocenters. The summed E-state index contributed by atoms with van der Waals surface area (Å²) in [5.74, 6) is -0.353. The molecule has 2 aromatic rings. The number of rotatable bonds is 3. The van der Waals surface area contributed by atoms with E-state index in [9.17, 15) is 9.59 Å². The Bertz CT molecular complexity index is 818. The molecule has 2 heterocycles. The van der Waals surface area contributed by atoms with Crippen LogP contribution in [0, 0.1) is 5.92 Å². The Morgan fingerprint density at radius 1 is 1.00 bits per heavy atom. The first kappa shape index (κ1) is 18.1. The first-order valence-electron chi connectivity index (χ1n) is 9.61. The van der Waals surface area contributed by atoms with E-state index in [1.165, 1.54) is 6.42 Å². The molecule has 1 fully saturated rings. The topological polar surface area (TPSA) is 49.4 Å². The molecule has 0 spiro atoms. The summed E-state index contributed by atoms with van der Waals surface area (Å²) in [5, 5.41) is 2.97. The number of thioether (sulfide) groups is 1. The van der Waals surface area contributed by atoms with Crippen LogP contribution in [0.1, 0.15) is 36.5 Å². The first-order valence-corrected chi connectivity index (χ1v) is 10.5. The van der Waals surface area contributed by atoms with Gasteiger partial charge in [0.05, 0.1) is 11.6 Å². The number of hydrogen-bond donors (Lipinski definition) is 1. The molecule has 1 N–H and O–H groups in total. The van der Waals surface area contributed by atoms with E-state index >= 15 is 0 Å². The molecule has 0 bridgehead atoms. The minimum atomic E-state index is -0.390. The van der Waals surface area contributed by atoms with Crippen LogP contribution in [0.4, 0.5) is 5.69 Å². The van der Waals surface area contributed by atoms with Crippen molar-refractivity contribution < 1.29 is 9.59 Å². The molecule has 4 nitrogen and oxygen atoms in total. The van der Waals surface area contributed by atoms with Crippen LogP contribution < -0.4 is 5.32 Å². The Hall–Kier alpha value is -2.27. The van der Waals surface area contributed by atoms with Gasteiger partial charge in [0.25, 0.3) is 0 Å². The fourth-order valence-corrected chi connectivity index (χ4v) is 5.21. The Labute approximate surface area is 164 Å². The lowest BCUT2D eigenvalue weighted by Crippen LogP contribution is -2.39. The van der Waals surface area contributed by atoms with Crippen molar-refractivity contribution in [3.8, 4) is 0 Å². The van der Waals surface area contributed by atoms with Crippen molar-refractivity contribution in [3.63, 3.8) is 0 Å². The normalized spacial score (nSPS) is 22.5. The number of benzene rings is 2. The highest BCUT2D eigenvalue weighted by Gasteiger charge is 2.36. The number of likely N-dealkylation sites (tertiary alicyclic amines) is 1. The molecule has 140 valence electrons. The summed E-state index contributed by atoms with van der Waals surface area (Å²) in [6, 6.07) is 17.9. The van der Waals surface area contributed by atoms with Crippen molar-refractivity contribution in [2.24, 2.45) is 5.92 Å². The largest absolute Gasteiger partial charge is 0.343 e. The first-order chi connectivity index (χ1) is 13.2. The number of fused-ring (bicyclic) bond motifs is 1. The maximum Gasteiger partial charge on any atom is 0.229 e.